The van der Waals surface area contributed by atoms with Gasteiger partial charge in [0.1, 0.15) is 17.1 Å². The van der Waals surface area contributed by atoms with Crippen molar-refractivity contribution in [1.29, 1.82) is 0 Å². The number of likely N-dealkylation sites (N-methyl/N-ethyl adjacent to an activating group) is 1. The van der Waals surface area contributed by atoms with Gasteiger partial charge in [-0.05, 0) is 32.1 Å². The van der Waals surface area contributed by atoms with Gasteiger partial charge in [-0.25, -0.2) is 0 Å². The Morgan fingerprint density at radius 2 is 1.78 bits per heavy atom. The molecule has 8 N–H and O–H groups in total. The number of phenolic OH excluding ortho intramolecular Hbond substituents is 1. The number of nitrogens with two attached hydrogens (primary N) is 1. The quantitative estimate of drug-likeness (QED) is 0.143. The molecule has 14 nitrogen and oxygen atoms in total. The molecule has 1 saturated carbocycles. The lowest BCUT2D eigenvalue weighted by atomic mass is 9.55. The molecule has 3 aliphatic carbocycles. The molecule has 6 atom stereocenters. The summed E-state index contributed by atoms with van der Waals surface area (Å²) in [7, 11) is 2.69. The van der Waals surface area contributed by atoms with E-state index in [0.29, 0.717) is 0 Å². The average molecular weight is 505 g/mol. The number of Topliss-reactive ketones (excluding diaryl/α,β-unsaturated/α-hetero) is 2. The van der Waals surface area contributed by atoms with E-state index in [1.807, 2.05) is 0 Å². The maximum absolute atomic E-state index is 13.7. The highest BCUT2D eigenvalue weighted by Crippen LogP contribution is 2.56. The van der Waals surface area contributed by atoms with Gasteiger partial charge in [0, 0.05) is 17.6 Å². The number of fused-ring (bicyclic) bond motifs is 3. The molecule has 0 bridgehead atoms. The van der Waals surface area contributed by atoms with Crippen molar-refractivity contribution in [3.63, 3.8) is 0 Å². The number of carbonyl (C=O) groups is 3. The first-order valence-electron chi connectivity index (χ1n) is 10.6. The summed E-state index contributed by atoms with van der Waals surface area (Å²) >= 11 is 0. The summed E-state index contributed by atoms with van der Waals surface area (Å²) in [5, 5.41) is 77.8. The van der Waals surface area contributed by atoms with E-state index >= 15 is 0 Å². The van der Waals surface area contributed by atoms with Crippen molar-refractivity contribution in [1.82, 2.24) is 4.90 Å². The van der Waals surface area contributed by atoms with Gasteiger partial charge in [0.25, 0.3) is 5.91 Å². The second-order valence-electron chi connectivity index (χ2n) is 9.31. The first-order valence-corrected chi connectivity index (χ1v) is 10.6. The van der Waals surface area contributed by atoms with Crippen LogP contribution in [0.25, 0.3) is 5.76 Å². The Kier molecular flexibility index (Phi) is 5.49. The second-order valence-corrected chi connectivity index (χ2v) is 9.31. The highest BCUT2D eigenvalue weighted by atomic mass is 16.6. The SMILES string of the molecule is Cc1cc([N+](=O)[O-])c(O)c2c1[C@H](O)[C@@H]1C(=C2O)C(=O)[C@]2(O)C(O)=C(C(N)=O)C(=O)[C@@H](N(C)C)[C@@H]2[C@H]1O. The maximum Gasteiger partial charge on any atom is 0.311 e. The summed E-state index contributed by atoms with van der Waals surface area (Å²) in [6.07, 6.45) is -3.83. The largest absolute Gasteiger partial charge is 0.508 e. The number of aliphatic hydroxyl groups is 5. The number of aryl methyl sites for hydroxylation is 1. The fourth-order valence-corrected chi connectivity index (χ4v) is 5.73. The van der Waals surface area contributed by atoms with Crippen molar-refractivity contribution in [2.45, 2.75) is 30.8 Å². The predicted molar refractivity (Wildman–Crippen MR) is 118 cm³/mol. The third-order valence-electron chi connectivity index (χ3n) is 7.25. The molecule has 1 fully saturated rings. The normalized spacial score (nSPS) is 31.8. The van der Waals surface area contributed by atoms with Crippen LogP contribution >= 0.6 is 0 Å². The number of phenols is 1. The Labute approximate surface area is 202 Å². The molecule has 0 aromatic heterocycles. The lowest BCUT2D eigenvalue weighted by molar-refractivity contribution is -0.386. The van der Waals surface area contributed by atoms with Crippen molar-refractivity contribution >= 4 is 28.9 Å². The number of benzene rings is 1. The van der Waals surface area contributed by atoms with Crippen molar-refractivity contribution in [3.05, 3.63) is 49.8 Å². The molecule has 4 rings (SSSR count). The van der Waals surface area contributed by atoms with Gasteiger partial charge in [-0.3, -0.25) is 29.4 Å². The van der Waals surface area contributed by atoms with Gasteiger partial charge in [0.2, 0.25) is 11.5 Å². The summed E-state index contributed by atoms with van der Waals surface area (Å²) in [6.45, 7) is 1.33. The van der Waals surface area contributed by atoms with E-state index in [2.05, 4.69) is 0 Å². The standard InChI is InChI=1S/C22H23N3O11/c1-5-4-6(25(35)36)14(26)8-7(5)15(27)9-10(16(8)28)19(31)22(34)12(17(9)29)13(24(2)3)18(30)11(20(22)32)21(23)33/h4,9,12-13,15,17,26-29,32,34H,1-3H3,(H2,23,33)/t9-,12+,13-,15-,17-,22-/m0/s1. The zero-order valence-electron chi connectivity index (χ0n) is 19.2. The summed E-state index contributed by atoms with van der Waals surface area (Å²) < 4.78 is 0. The zero-order valence-corrected chi connectivity index (χ0v) is 19.2. The first-order chi connectivity index (χ1) is 16.6. The number of hydrogen-bond acceptors (Lipinski definition) is 12. The van der Waals surface area contributed by atoms with E-state index < -0.39 is 97.7 Å². The third kappa shape index (κ3) is 2.89. The molecule has 0 aliphatic heterocycles. The van der Waals surface area contributed by atoms with Gasteiger partial charge in [0.05, 0.1) is 34.7 Å². The Hall–Kier alpha value is -3.85. The van der Waals surface area contributed by atoms with Crippen LogP contribution in [0.4, 0.5) is 5.69 Å². The zero-order chi connectivity index (χ0) is 27.2. The molecule has 1 aromatic rings. The van der Waals surface area contributed by atoms with Crippen LogP contribution in [0.15, 0.2) is 23.0 Å². The highest BCUT2D eigenvalue weighted by Gasteiger charge is 2.68. The summed E-state index contributed by atoms with van der Waals surface area (Å²) in [4.78, 5) is 50.4. The maximum atomic E-state index is 13.7. The third-order valence-corrected chi connectivity index (χ3v) is 7.25. The van der Waals surface area contributed by atoms with E-state index in [1.165, 1.54) is 25.9 Å². The van der Waals surface area contributed by atoms with Crippen LogP contribution < -0.4 is 5.73 Å². The smallest absolute Gasteiger partial charge is 0.311 e. The molecule has 192 valence electrons. The molecule has 14 heteroatoms. The number of nitrogens with zero attached hydrogens (tertiary/aromatic N) is 2. The molecule has 3 aliphatic rings. The summed E-state index contributed by atoms with van der Waals surface area (Å²) in [6, 6.07) is -0.639. The topological polar surface area (TPSA) is 245 Å². The molecular formula is C22H23N3O11. The minimum atomic E-state index is -3.16. The molecule has 0 radical (unpaired) electrons. The molecule has 0 saturated heterocycles. The average Bonchev–Trinajstić information content (AvgIpc) is 2.77. The van der Waals surface area contributed by atoms with E-state index in [4.69, 9.17) is 5.73 Å². The van der Waals surface area contributed by atoms with E-state index in [9.17, 15) is 55.1 Å². The van der Waals surface area contributed by atoms with Crippen LogP contribution in [0.3, 0.4) is 0 Å². The number of primary amides is 1. The van der Waals surface area contributed by atoms with E-state index in [-0.39, 0.29) is 11.1 Å². The number of nitro benzene ring substituents is 1. The van der Waals surface area contributed by atoms with Gasteiger partial charge in [-0.15, -0.1) is 0 Å². The van der Waals surface area contributed by atoms with Crippen LogP contribution in [-0.2, 0) is 14.4 Å². The van der Waals surface area contributed by atoms with Crippen molar-refractivity contribution in [2.24, 2.45) is 17.6 Å². The molecule has 0 spiro atoms. The van der Waals surface area contributed by atoms with Crippen LogP contribution in [0.1, 0.15) is 22.8 Å². The van der Waals surface area contributed by atoms with Gasteiger partial charge < -0.3 is 36.4 Å². The number of hydrogen-bond donors (Lipinski definition) is 7. The Morgan fingerprint density at radius 1 is 1.19 bits per heavy atom. The molecular weight excluding hydrogens is 482 g/mol. The number of nitro groups is 1. The Balaban J connectivity index is 2.10. The van der Waals surface area contributed by atoms with Crippen LogP contribution in [-0.4, -0.2) is 89.8 Å². The fraction of sp³-hybridized carbons (Fsp3) is 0.409. The van der Waals surface area contributed by atoms with Crippen LogP contribution in [0, 0.1) is 28.9 Å². The van der Waals surface area contributed by atoms with Crippen LogP contribution in [0.2, 0.25) is 0 Å². The predicted octanol–water partition coefficient (Wildman–Crippen LogP) is -1.36. The minimum absolute atomic E-state index is 0.0377. The molecule has 1 amide bonds. The second kappa shape index (κ2) is 7.83. The number of ketones is 2. The van der Waals surface area contributed by atoms with Gasteiger partial charge in [-0.1, -0.05) is 0 Å². The Morgan fingerprint density at radius 3 is 2.28 bits per heavy atom. The van der Waals surface area contributed by atoms with Crippen molar-refractivity contribution in [2.75, 3.05) is 14.1 Å². The van der Waals surface area contributed by atoms with Crippen LogP contribution in [0.5, 0.6) is 5.75 Å². The van der Waals surface area contributed by atoms with E-state index in [1.54, 1.807) is 0 Å². The first kappa shape index (κ1) is 25.2. The highest BCUT2D eigenvalue weighted by molar-refractivity contribution is 6.24. The van der Waals surface area contributed by atoms with Crippen molar-refractivity contribution in [3.8, 4) is 5.75 Å². The van der Waals surface area contributed by atoms with Crippen molar-refractivity contribution < 1.29 is 49.9 Å². The van der Waals surface area contributed by atoms with E-state index in [0.717, 1.165) is 6.07 Å². The minimum Gasteiger partial charge on any atom is -0.508 e. The fourth-order valence-electron chi connectivity index (χ4n) is 5.73. The number of carbonyl (C=O) groups excluding carboxylic acids is 3. The molecule has 1 aromatic carbocycles. The molecule has 0 heterocycles. The Bertz CT molecular complexity index is 1330. The number of amides is 1. The van der Waals surface area contributed by atoms with Gasteiger partial charge in [0.15, 0.2) is 11.4 Å². The monoisotopic (exact) mass is 505 g/mol. The summed E-state index contributed by atoms with van der Waals surface area (Å²) in [5.41, 5.74) is -1.59. The lowest BCUT2D eigenvalue weighted by Gasteiger charge is -2.53. The number of rotatable bonds is 3. The molecule has 36 heavy (non-hydrogen) atoms. The van der Waals surface area contributed by atoms with Gasteiger partial charge >= 0.3 is 5.69 Å². The number of aromatic hydroxyl groups is 1. The summed E-state index contributed by atoms with van der Waals surface area (Å²) in [5.74, 6) is -11.2. The van der Waals surface area contributed by atoms with Gasteiger partial charge in [-0.2, -0.15) is 0 Å². The number of aliphatic hydroxyl groups excluding tert-OH is 4. The molecule has 0 unspecified atom stereocenters. The lowest BCUT2D eigenvalue weighted by Crippen LogP contribution is -2.70.